The average Bonchev–Trinajstić information content (AvgIpc) is 2.38. The molecule has 0 amide bonds. The van der Waals surface area contributed by atoms with E-state index in [2.05, 4.69) is 0 Å². The lowest BCUT2D eigenvalue weighted by Gasteiger charge is -2.21. The van der Waals surface area contributed by atoms with Crippen molar-refractivity contribution < 1.29 is 19.8 Å². The number of aliphatic hydroxyl groups excluding tert-OH is 2. The SMILES string of the molecule is O=[n+]1c2c(n(O)c3ccccc31)[C@H](O)CC[C@H]2O. The number of fused-ring (bicyclic) bond motifs is 2. The van der Waals surface area contributed by atoms with Crippen LogP contribution in [0.4, 0.5) is 0 Å². The lowest BCUT2D eigenvalue weighted by atomic mass is 9.95. The van der Waals surface area contributed by atoms with Gasteiger partial charge in [-0.2, -0.15) is 4.73 Å². The van der Waals surface area contributed by atoms with Crippen molar-refractivity contribution in [3.63, 3.8) is 0 Å². The topological polar surface area (TPSA) is 88.6 Å². The number of para-hydroxylation sites is 2. The monoisotopic (exact) mass is 249 g/mol. The molecule has 0 aliphatic heterocycles. The van der Waals surface area contributed by atoms with E-state index in [4.69, 9.17) is 0 Å². The van der Waals surface area contributed by atoms with Gasteiger partial charge in [-0.3, -0.25) is 0 Å². The first-order valence-corrected chi connectivity index (χ1v) is 5.76. The van der Waals surface area contributed by atoms with Gasteiger partial charge in [0.15, 0.2) is 11.2 Å². The van der Waals surface area contributed by atoms with Gasteiger partial charge in [0.1, 0.15) is 12.2 Å². The van der Waals surface area contributed by atoms with E-state index >= 15 is 0 Å². The molecule has 0 saturated heterocycles. The Morgan fingerprint density at radius 1 is 1.17 bits per heavy atom. The number of aromatic nitrogens is 2. The fraction of sp³-hybridized carbons (Fsp3) is 0.333. The Kier molecular flexibility index (Phi) is 2.36. The summed E-state index contributed by atoms with van der Waals surface area (Å²) in [5.74, 6) is 0. The zero-order valence-corrected chi connectivity index (χ0v) is 9.52. The largest absolute Gasteiger partial charge is 0.428 e. The Hall–Kier alpha value is -1.92. The predicted molar refractivity (Wildman–Crippen MR) is 61.6 cm³/mol. The molecule has 0 saturated carbocycles. The number of nitrogens with zero attached hydrogens (tertiary/aromatic N) is 2. The second-order valence-corrected chi connectivity index (χ2v) is 4.47. The standard InChI is InChI=1S/C12H13N2O4/c15-9-5-6-10(16)12-11(9)13(17)7-3-1-2-4-8(7)14(12)18/h1-4,9-10,15-17H,5-6H2/q+1/t9-,10-/m1/s1. The highest BCUT2D eigenvalue weighted by molar-refractivity contribution is 5.71. The molecule has 3 N–H and O–H groups in total. The number of hydrogen-bond donors (Lipinski definition) is 3. The van der Waals surface area contributed by atoms with E-state index in [9.17, 15) is 20.3 Å². The van der Waals surface area contributed by atoms with E-state index in [1.807, 2.05) is 0 Å². The van der Waals surface area contributed by atoms with Gasteiger partial charge in [0.25, 0.3) is 11.2 Å². The smallest absolute Gasteiger partial charge is 0.294 e. The molecule has 6 nitrogen and oxygen atoms in total. The molecule has 1 aliphatic carbocycles. The molecular weight excluding hydrogens is 236 g/mol. The minimum absolute atomic E-state index is 0.0231. The summed E-state index contributed by atoms with van der Waals surface area (Å²) in [7, 11) is 0. The van der Waals surface area contributed by atoms with Gasteiger partial charge in [-0.05, 0) is 18.9 Å². The van der Waals surface area contributed by atoms with Crippen molar-refractivity contribution in [2.45, 2.75) is 25.0 Å². The van der Waals surface area contributed by atoms with Gasteiger partial charge in [0.2, 0.25) is 0 Å². The minimum atomic E-state index is -0.969. The summed E-state index contributed by atoms with van der Waals surface area (Å²) in [6, 6.07) is 6.50. The van der Waals surface area contributed by atoms with Crippen LogP contribution in [0.5, 0.6) is 0 Å². The highest BCUT2D eigenvalue weighted by Crippen LogP contribution is 2.34. The quantitative estimate of drug-likeness (QED) is 0.472. The van der Waals surface area contributed by atoms with E-state index in [0.717, 1.165) is 4.73 Å². The van der Waals surface area contributed by atoms with Gasteiger partial charge in [0, 0.05) is 11.0 Å². The molecule has 1 heterocycles. The molecule has 1 aliphatic rings. The Morgan fingerprint density at radius 2 is 1.83 bits per heavy atom. The Balaban J connectivity index is 2.50. The second kappa shape index (κ2) is 3.79. The molecule has 0 spiro atoms. The van der Waals surface area contributed by atoms with Gasteiger partial charge >= 0.3 is 0 Å². The average molecular weight is 249 g/mol. The first kappa shape index (κ1) is 11.2. The van der Waals surface area contributed by atoms with Crippen LogP contribution >= 0.6 is 0 Å². The van der Waals surface area contributed by atoms with Crippen LogP contribution in [-0.4, -0.2) is 20.2 Å². The van der Waals surface area contributed by atoms with Crippen LogP contribution in [0, 0.1) is 4.91 Å². The van der Waals surface area contributed by atoms with Gasteiger partial charge in [0.05, 0.1) is 4.43 Å². The lowest BCUT2D eigenvalue weighted by molar-refractivity contribution is -0.485. The van der Waals surface area contributed by atoms with Gasteiger partial charge < -0.3 is 15.4 Å². The van der Waals surface area contributed by atoms with Crippen LogP contribution in [-0.2, 0) is 0 Å². The molecule has 18 heavy (non-hydrogen) atoms. The molecular formula is C12H13N2O4+. The summed E-state index contributed by atoms with van der Waals surface area (Å²) >= 11 is 0. The molecule has 6 heteroatoms. The van der Waals surface area contributed by atoms with E-state index in [-0.39, 0.29) is 16.9 Å². The summed E-state index contributed by atoms with van der Waals surface area (Å²) in [5, 5.41) is 29.9. The fourth-order valence-electron chi connectivity index (χ4n) is 2.49. The summed E-state index contributed by atoms with van der Waals surface area (Å²) in [6.07, 6.45) is -1.30. The summed E-state index contributed by atoms with van der Waals surface area (Å²) in [4.78, 5) is 12.2. The first-order valence-electron chi connectivity index (χ1n) is 5.76. The maximum absolute atomic E-state index is 12.2. The van der Waals surface area contributed by atoms with Crippen LogP contribution in [0.25, 0.3) is 11.0 Å². The number of hydrogen-bond acceptors (Lipinski definition) is 4. The third kappa shape index (κ3) is 1.36. The Labute approximate surface area is 102 Å². The molecule has 0 radical (unpaired) electrons. The van der Waals surface area contributed by atoms with Gasteiger partial charge in [-0.1, -0.05) is 12.1 Å². The molecule has 2 atom stereocenters. The van der Waals surface area contributed by atoms with Gasteiger partial charge in [-0.25, -0.2) is 0 Å². The summed E-state index contributed by atoms with van der Waals surface area (Å²) < 4.78 is 1.39. The molecule has 1 aromatic carbocycles. The maximum Gasteiger partial charge on any atom is 0.294 e. The van der Waals surface area contributed by atoms with E-state index in [1.165, 1.54) is 0 Å². The Bertz CT molecular complexity index is 680. The molecule has 0 bridgehead atoms. The van der Waals surface area contributed by atoms with Crippen molar-refractivity contribution in [1.82, 2.24) is 4.73 Å². The van der Waals surface area contributed by atoms with Crippen LogP contribution in [0.3, 0.4) is 0 Å². The Morgan fingerprint density at radius 3 is 2.61 bits per heavy atom. The molecule has 94 valence electrons. The number of rotatable bonds is 0. The first-order chi connectivity index (χ1) is 8.61. The third-order valence-corrected chi connectivity index (χ3v) is 3.38. The van der Waals surface area contributed by atoms with E-state index in [0.29, 0.717) is 22.8 Å². The molecule has 3 rings (SSSR count). The molecule has 0 fully saturated rings. The van der Waals surface area contributed by atoms with E-state index < -0.39 is 12.2 Å². The van der Waals surface area contributed by atoms with Crippen molar-refractivity contribution in [2.24, 2.45) is 0 Å². The van der Waals surface area contributed by atoms with Crippen molar-refractivity contribution in [3.05, 3.63) is 40.6 Å². The molecule has 1 aromatic heterocycles. The van der Waals surface area contributed by atoms with Crippen LogP contribution in [0.15, 0.2) is 24.3 Å². The highest BCUT2D eigenvalue weighted by Gasteiger charge is 2.38. The zero-order valence-electron chi connectivity index (χ0n) is 9.52. The maximum atomic E-state index is 12.2. The van der Waals surface area contributed by atoms with Crippen molar-refractivity contribution in [2.75, 3.05) is 0 Å². The molecule has 0 unspecified atom stereocenters. The van der Waals surface area contributed by atoms with Crippen LogP contribution in [0.1, 0.15) is 36.4 Å². The lowest BCUT2D eigenvalue weighted by Crippen LogP contribution is -2.34. The van der Waals surface area contributed by atoms with Gasteiger partial charge in [-0.15, -0.1) is 0 Å². The molecule has 2 aromatic rings. The normalized spacial score (nSPS) is 23.0. The van der Waals surface area contributed by atoms with E-state index in [1.54, 1.807) is 24.3 Å². The predicted octanol–water partition coefficient (Wildman–Crippen LogP) is 0.654. The van der Waals surface area contributed by atoms with Crippen molar-refractivity contribution in [1.29, 1.82) is 0 Å². The fourth-order valence-corrected chi connectivity index (χ4v) is 2.49. The highest BCUT2D eigenvalue weighted by atomic mass is 16.5. The third-order valence-electron chi connectivity index (χ3n) is 3.38. The van der Waals surface area contributed by atoms with Crippen LogP contribution in [0.2, 0.25) is 0 Å². The minimum Gasteiger partial charge on any atom is -0.428 e. The summed E-state index contributed by atoms with van der Waals surface area (Å²) in [5.41, 5.74) is 0.656. The van der Waals surface area contributed by atoms with Crippen LogP contribution < -0.4 is 4.43 Å². The summed E-state index contributed by atoms with van der Waals surface area (Å²) in [6.45, 7) is 0. The second-order valence-electron chi connectivity index (χ2n) is 4.47. The zero-order chi connectivity index (χ0) is 12.9. The number of aliphatic hydroxyl groups is 2. The number of benzene rings is 1. The van der Waals surface area contributed by atoms with Crippen molar-refractivity contribution in [3.8, 4) is 0 Å². The van der Waals surface area contributed by atoms with Crippen molar-refractivity contribution >= 4 is 11.0 Å².